The van der Waals surface area contributed by atoms with E-state index in [0.29, 0.717) is 23.0 Å². The van der Waals surface area contributed by atoms with E-state index in [1.54, 1.807) is 17.0 Å². The normalized spacial score (nSPS) is 10.8. The van der Waals surface area contributed by atoms with Crippen LogP contribution in [0.2, 0.25) is 5.02 Å². The molecular formula is C13H16BrCl2NO. The topological polar surface area (TPSA) is 20.3 Å². The van der Waals surface area contributed by atoms with Crippen LogP contribution in [0.3, 0.4) is 0 Å². The van der Waals surface area contributed by atoms with Crippen LogP contribution in [0.5, 0.6) is 0 Å². The van der Waals surface area contributed by atoms with Gasteiger partial charge in [0.15, 0.2) is 0 Å². The van der Waals surface area contributed by atoms with Gasteiger partial charge in [0.2, 0.25) is 0 Å². The van der Waals surface area contributed by atoms with E-state index in [0.717, 1.165) is 10.9 Å². The predicted molar refractivity (Wildman–Crippen MR) is 80.7 cm³/mol. The largest absolute Gasteiger partial charge is 0.336 e. The summed E-state index contributed by atoms with van der Waals surface area (Å²) >= 11 is 15.1. The highest BCUT2D eigenvalue weighted by Gasteiger charge is 2.20. The summed E-state index contributed by atoms with van der Waals surface area (Å²) in [6.07, 6.45) is 0.775. The molecule has 1 aromatic rings. The summed E-state index contributed by atoms with van der Waals surface area (Å²) in [6, 6.07) is 5.41. The van der Waals surface area contributed by atoms with E-state index in [1.807, 2.05) is 19.9 Å². The Morgan fingerprint density at radius 1 is 1.44 bits per heavy atom. The Bertz CT molecular complexity index is 423. The number of nitrogens with zero attached hydrogens (tertiary/aromatic N) is 1. The first-order chi connectivity index (χ1) is 8.47. The van der Waals surface area contributed by atoms with Crippen LogP contribution in [0.15, 0.2) is 22.7 Å². The van der Waals surface area contributed by atoms with Gasteiger partial charge in [0, 0.05) is 22.9 Å². The highest BCUT2D eigenvalue weighted by Crippen LogP contribution is 2.23. The van der Waals surface area contributed by atoms with Gasteiger partial charge in [-0.3, -0.25) is 4.79 Å². The maximum absolute atomic E-state index is 12.4. The average molecular weight is 353 g/mol. The zero-order valence-electron chi connectivity index (χ0n) is 10.4. The number of carbonyl (C=O) groups is 1. The number of amides is 1. The Balaban J connectivity index is 2.98. The van der Waals surface area contributed by atoms with Crippen LogP contribution in [-0.2, 0) is 0 Å². The minimum atomic E-state index is -0.0542. The van der Waals surface area contributed by atoms with Crippen LogP contribution in [0.4, 0.5) is 0 Å². The van der Waals surface area contributed by atoms with Crippen molar-refractivity contribution in [3.63, 3.8) is 0 Å². The summed E-state index contributed by atoms with van der Waals surface area (Å²) in [5.41, 5.74) is 0.523. The van der Waals surface area contributed by atoms with Crippen LogP contribution >= 0.6 is 39.1 Å². The van der Waals surface area contributed by atoms with E-state index in [9.17, 15) is 4.79 Å². The van der Waals surface area contributed by atoms with Gasteiger partial charge in [-0.05, 0) is 38.5 Å². The van der Waals surface area contributed by atoms with Crippen LogP contribution < -0.4 is 0 Å². The molecule has 0 heterocycles. The summed E-state index contributed by atoms with van der Waals surface area (Å²) in [4.78, 5) is 14.2. The van der Waals surface area contributed by atoms with Crippen LogP contribution in [0.25, 0.3) is 0 Å². The second-order valence-electron chi connectivity index (χ2n) is 4.26. The Labute approximate surface area is 126 Å². The minimum Gasteiger partial charge on any atom is -0.336 e. The van der Waals surface area contributed by atoms with Gasteiger partial charge in [-0.25, -0.2) is 0 Å². The molecule has 1 amide bonds. The molecule has 0 N–H and O–H groups in total. The monoisotopic (exact) mass is 351 g/mol. The number of carbonyl (C=O) groups excluding carboxylic acids is 1. The van der Waals surface area contributed by atoms with E-state index in [2.05, 4.69) is 15.9 Å². The summed E-state index contributed by atoms with van der Waals surface area (Å²) in [6.45, 7) is 4.61. The summed E-state index contributed by atoms with van der Waals surface area (Å²) in [7, 11) is 0. The van der Waals surface area contributed by atoms with Gasteiger partial charge in [-0.15, -0.1) is 11.6 Å². The van der Waals surface area contributed by atoms with Crippen molar-refractivity contribution in [1.82, 2.24) is 4.90 Å². The van der Waals surface area contributed by atoms with Gasteiger partial charge >= 0.3 is 0 Å². The molecule has 0 aliphatic carbocycles. The maximum Gasteiger partial charge on any atom is 0.255 e. The third-order valence-electron chi connectivity index (χ3n) is 2.58. The maximum atomic E-state index is 12.4. The first-order valence-corrected chi connectivity index (χ1v) is 7.50. The molecule has 5 heteroatoms. The molecule has 0 saturated carbocycles. The second-order valence-corrected chi connectivity index (χ2v) is 5.96. The first kappa shape index (κ1) is 15.8. The fourth-order valence-electron chi connectivity index (χ4n) is 1.64. The number of benzene rings is 1. The van der Waals surface area contributed by atoms with E-state index in [4.69, 9.17) is 23.2 Å². The third-order valence-corrected chi connectivity index (χ3v) is 3.67. The van der Waals surface area contributed by atoms with E-state index >= 15 is 0 Å². The number of rotatable bonds is 5. The molecule has 0 aromatic heterocycles. The molecule has 2 nitrogen and oxygen atoms in total. The van der Waals surface area contributed by atoms with Gasteiger partial charge in [-0.1, -0.05) is 27.5 Å². The van der Waals surface area contributed by atoms with Gasteiger partial charge in [-0.2, -0.15) is 0 Å². The summed E-state index contributed by atoms with van der Waals surface area (Å²) in [5.74, 6) is 0.490. The highest BCUT2D eigenvalue weighted by atomic mass is 79.9. The SMILES string of the molecule is CC(C)N(CCCCl)C(=O)c1cc(Br)ccc1Cl. The smallest absolute Gasteiger partial charge is 0.255 e. The van der Waals surface area contributed by atoms with Gasteiger partial charge < -0.3 is 4.90 Å². The Kier molecular flexibility index (Phi) is 6.47. The fraction of sp³-hybridized carbons (Fsp3) is 0.462. The molecular weight excluding hydrogens is 337 g/mol. The van der Waals surface area contributed by atoms with Crippen molar-refractivity contribution in [1.29, 1.82) is 0 Å². The molecule has 0 atom stereocenters. The van der Waals surface area contributed by atoms with E-state index < -0.39 is 0 Å². The zero-order chi connectivity index (χ0) is 13.7. The lowest BCUT2D eigenvalue weighted by Gasteiger charge is -2.27. The predicted octanol–water partition coefficient (Wildman–Crippen LogP) is 4.58. The molecule has 0 aliphatic rings. The lowest BCUT2D eigenvalue weighted by molar-refractivity contribution is 0.0706. The molecule has 18 heavy (non-hydrogen) atoms. The summed E-state index contributed by atoms with van der Waals surface area (Å²) in [5, 5.41) is 0.472. The fourth-order valence-corrected chi connectivity index (χ4v) is 2.32. The minimum absolute atomic E-state index is 0.0542. The van der Waals surface area contributed by atoms with Crippen molar-refractivity contribution in [2.24, 2.45) is 0 Å². The third kappa shape index (κ3) is 4.15. The molecule has 0 unspecified atom stereocenters. The van der Waals surface area contributed by atoms with Crippen LogP contribution in [0.1, 0.15) is 30.6 Å². The van der Waals surface area contributed by atoms with E-state index in [1.165, 1.54) is 0 Å². The number of alkyl halides is 1. The first-order valence-electron chi connectivity index (χ1n) is 5.79. The standard InChI is InChI=1S/C13H16BrCl2NO/c1-9(2)17(7-3-6-15)13(18)11-8-10(14)4-5-12(11)16/h4-5,8-9H,3,6-7H2,1-2H3. The summed E-state index contributed by atoms with van der Waals surface area (Å²) < 4.78 is 0.844. The Morgan fingerprint density at radius 2 is 2.11 bits per heavy atom. The van der Waals surface area contributed by atoms with Crippen LogP contribution in [-0.4, -0.2) is 29.3 Å². The molecule has 1 rings (SSSR count). The zero-order valence-corrected chi connectivity index (χ0v) is 13.5. The van der Waals surface area contributed by atoms with Gasteiger partial charge in [0.1, 0.15) is 0 Å². The molecule has 1 aromatic carbocycles. The van der Waals surface area contributed by atoms with Crippen molar-refractivity contribution >= 4 is 45.0 Å². The molecule has 100 valence electrons. The Hall–Kier alpha value is -0.250. The number of hydrogen-bond donors (Lipinski definition) is 0. The molecule has 0 saturated heterocycles. The van der Waals surface area contributed by atoms with Crippen molar-refractivity contribution in [2.75, 3.05) is 12.4 Å². The van der Waals surface area contributed by atoms with Gasteiger partial charge in [0.05, 0.1) is 10.6 Å². The molecule has 0 fully saturated rings. The molecule has 0 aliphatic heterocycles. The molecule has 0 bridgehead atoms. The lowest BCUT2D eigenvalue weighted by atomic mass is 10.1. The van der Waals surface area contributed by atoms with Crippen LogP contribution in [0, 0.1) is 0 Å². The number of hydrogen-bond acceptors (Lipinski definition) is 1. The van der Waals surface area contributed by atoms with Crippen molar-refractivity contribution in [3.05, 3.63) is 33.3 Å². The average Bonchev–Trinajstić information content (AvgIpc) is 2.32. The highest BCUT2D eigenvalue weighted by molar-refractivity contribution is 9.10. The number of halogens is 3. The van der Waals surface area contributed by atoms with Gasteiger partial charge in [0.25, 0.3) is 5.91 Å². The quantitative estimate of drug-likeness (QED) is 0.710. The lowest BCUT2D eigenvalue weighted by Crippen LogP contribution is -2.38. The molecule has 0 spiro atoms. The Morgan fingerprint density at radius 3 is 2.67 bits per heavy atom. The van der Waals surface area contributed by atoms with Crippen molar-refractivity contribution in [2.45, 2.75) is 26.3 Å². The van der Waals surface area contributed by atoms with Crippen molar-refractivity contribution < 1.29 is 4.79 Å². The molecule has 0 radical (unpaired) electrons. The van der Waals surface area contributed by atoms with Crippen molar-refractivity contribution in [3.8, 4) is 0 Å². The second kappa shape index (κ2) is 7.37. The van der Waals surface area contributed by atoms with E-state index in [-0.39, 0.29) is 11.9 Å².